The lowest BCUT2D eigenvalue weighted by Gasteiger charge is -2.04. The molecule has 7 heteroatoms. The minimum absolute atomic E-state index is 0.557. The van der Waals surface area contributed by atoms with Gasteiger partial charge in [-0.3, -0.25) is 0 Å². The molecule has 0 atom stereocenters. The minimum Gasteiger partial charge on any atom is -0.376 e. The SMILES string of the molecule is Cn1c(=O)n(C)c(=O)n(CO)c1=O. The largest absolute Gasteiger partial charge is 0.376 e. The Hall–Kier alpha value is -1.63. The predicted molar refractivity (Wildman–Crippen MR) is 43.4 cm³/mol. The average molecular weight is 187 g/mol. The fraction of sp³-hybridized carbons (Fsp3) is 0.500. The average Bonchev–Trinajstić information content (AvgIpc) is 2.13. The molecule has 1 aromatic heterocycles. The van der Waals surface area contributed by atoms with Crippen LogP contribution in [0.5, 0.6) is 0 Å². The van der Waals surface area contributed by atoms with E-state index in [0.717, 1.165) is 9.13 Å². The summed E-state index contributed by atoms with van der Waals surface area (Å²) in [5, 5.41) is 8.67. The maximum Gasteiger partial charge on any atom is 0.337 e. The van der Waals surface area contributed by atoms with E-state index in [1.165, 1.54) is 14.1 Å². The van der Waals surface area contributed by atoms with Crippen molar-refractivity contribution in [1.82, 2.24) is 13.7 Å². The van der Waals surface area contributed by atoms with E-state index in [1.807, 2.05) is 0 Å². The van der Waals surface area contributed by atoms with Crippen LogP contribution in [0.1, 0.15) is 0 Å². The predicted octanol–water partition coefficient (Wildman–Crippen LogP) is -2.80. The van der Waals surface area contributed by atoms with Crippen molar-refractivity contribution in [2.24, 2.45) is 14.1 Å². The van der Waals surface area contributed by atoms with Gasteiger partial charge in [0.25, 0.3) is 0 Å². The fourth-order valence-electron chi connectivity index (χ4n) is 0.954. The van der Waals surface area contributed by atoms with Crippen LogP contribution in [0.2, 0.25) is 0 Å². The number of aliphatic hydroxyl groups is 1. The number of hydrogen-bond donors (Lipinski definition) is 1. The zero-order valence-corrected chi connectivity index (χ0v) is 7.22. The Balaban J connectivity index is 3.89. The highest BCUT2D eigenvalue weighted by molar-refractivity contribution is 4.74. The third kappa shape index (κ3) is 1.22. The van der Waals surface area contributed by atoms with Crippen LogP contribution < -0.4 is 17.1 Å². The lowest BCUT2D eigenvalue weighted by atomic mass is 10.8. The van der Waals surface area contributed by atoms with Gasteiger partial charge in [-0.25, -0.2) is 28.1 Å². The second kappa shape index (κ2) is 3.02. The number of nitrogens with zero attached hydrogens (tertiary/aromatic N) is 3. The number of rotatable bonds is 1. The third-order valence-electron chi connectivity index (χ3n) is 1.75. The summed E-state index contributed by atoms with van der Waals surface area (Å²) in [5.41, 5.74) is -2.36. The van der Waals surface area contributed by atoms with Gasteiger partial charge in [-0.15, -0.1) is 0 Å². The molecule has 0 aliphatic heterocycles. The van der Waals surface area contributed by atoms with Gasteiger partial charge in [0.15, 0.2) is 0 Å². The molecule has 0 saturated carbocycles. The molecule has 13 heavy (non-hydrogen) atoms. The zero-order valence-electron chi connectivity index (χ0n) is 7.22. The number of aliphatic hydroxyl groups excluding tert-OH is 1. The Kier molecular flexibility index (Phi) is 2.20. The second-order valence-electron chi connectivity index (χ2n) is 2.54. The normalized spacial score (nSPS) is 10.4. The molecule has 72 valence electrons. The lowest BCUT2D eigenvalue weighted by Crippen LogP contribution is -2.52. The van der Waals surface area contributed by atoms with Crippen molar-refractivity contribution in [3.05, 3.63) is 31.5 Å². The molecular weight excluding hydrogens is 178 g/mol. The minimum atomic E-state index is -0.824. The van der Waals surface area contributed by atoms with Gasteiger partial charge < -0.3 is 5.11 Å². The molecule has 0 aliphatic rings. The maximum atomic E-state index is 11.1. The van der Waals surface area contributed by atoms with Gasteiger partial charge in [-0.1, -0.05) is 0 Å². The lowest BCUT2D eigenvalue weighted by molar-refractivity contribution is 0.191. The van der Waals surface area contributed by atoms with Crippen LogP contribution in [-0.2, 0) is 20.8 Å². The molecule has 0 spiro atoms. The van der Waals surface area contributed by atoms with E-state index in [9.17, 15) is 14.4 Å². The quantitative estimate of drug-likeness (QED) is 0.514. The second-order valence-corrected chi connectivity index (χ2v) is 2.54. The third-order valence-corrected chi connectivity index (χ3v) is 1.75. The van der Waals surface area contributed by atoms with E-state index < -0.39 is 23.8 Å². The van der Waals surface area contributed by atoms with Gasteiger partial charge in [-0.2, -0.15) is 0 Å². The first-order valence-corrected chi connectivity index (χ1v) is 3.48. The molecule has 1 aromatic rings. The van der Waals surface area contributed by atoms with Crippen LogP contribution >= 0.6 is 0 Å². The molecule has 0 saturated heterocycles. The van der Waals surface area contributed by atoms with Crippen molar-refractivity contribution in [1.29, 1.82) is 0 Å². The van der Waals surface area contributed by atoms with Gasteiger partial charge >= 0.3 is 17.1 Å². The summed E-state index contributed by atoms with van der Waals surface area (Å²) in [6, 6.07) is 0. The molecular formula is C6H9N3O4. The first-order chi connectivity index (χ1) is 6.00. The molecule has 1 heterocycles. The molecule has 0 aromatic carbocycles. The molecule has 1 N–H and O–H groups in total. The Morgan fingerprint density at radius 2 is 1.38 bits per heavy atom. The Labute approximate surface area is 72.1 Å². The molecule has 0 bridgehead atoms. The molecule has 0 aliphatic carbocycles. The van der Waals surface area contributed by atoms with Crippen LogP contribution in [0.25, 0.3) is 0 Å². The van der Waals surface area contributed by atoms with Crippen molar-refractivity contribution in [2.75, 3.05) is 0 Å². The molecule has 0 radical (unpaired) electrons. The highest BCUT2D eigenvalue weighted by atomic mass is 16.3. The Bertz CT molecular complexity index is 452. The molecule has 0 fully saturated rings. The number of aromatic nitrogens is 3. The summed E-state index contributed by atoms with van der Waals surface area (Å²) in [4.78, 5) is 33.4. The summed E-state index contributed by atoms with van der Waals surface area (Å²) in [6.45, 7) is -0.736. The monoisotopic (exact) mass is 187 g/mol. The van der Waals surface area contributed by atoms with Crippen molar-refractivity contribution in [3.8, 4) is 0 Å². The van der Waals surface area contributed by atoms with Crippen LogP contribution in [0.3, 0.4) is 0 Å². The summed E-state index contributed by atoms with van der Waals surface area (Å²) in [7, 11) is 2.46. The van der Waals surface area contributed by atoms with E-state index >= 15 is 0 Å². The van der Waals surface area contributed by atoms with E-state index in [0.29, 0.717) is 4.57 Å². The van der Waals surface area contributed by atoms with E-state index in [1.54, 1.807) is 0 Å². The van der Waals surface area contributed by atoms with E-state index in [-0.39, 0.29) is 0 Å². The fourth-order valence-corrected chi connectivity index (χ4v) is 0.954. The van der Waals surface area contributed by atoms with Crippen molar-refractivity contribution in [3.63, 3.8) is 0 Å². The van der Waals surface area contributed by atoms with Gasteiger partial charge in [0.1, 0.15) is 6.73 Å². The van der Waals surface area contributed by atoms with Crippen LogP contribution in [0.15, 0.2) is 14.4 Å². The number of hydrogen-bond acceptors (Lipinski definition) is 4. The standard InChI is InChI=1S/C6H9N3O4/c1-7-4(11)8(2)6(13)9(3-10)5(7)12/h10H,3H2,1-2H3. The summed E-state index contributed by atoms with van der Waals surface area (Å²) in [6.07, 6.45) is 0. The van der Waals surface area contributed by atoms with Crippen molar-refractivity contribution < 1.29 is 5.11 Å². The van der Waals surface area contributed by atoms with E-state index in [4.69, 9.17) is 5.11 Å². The highest BCUT2D eigenvalue weighted by Crippen LogP contribution is 1.64. The van der Waals surface area contributed by atoms with Crippen molar-refractivity contribution in [2.45, 2.75) is 6.73 Å². The van der Waals surface area contributed by atoms with Gasteiger partial charge in [0, 0.05) is 14.1 Å². The van der Waals surface area contributed by atoms with Gasteiger partial charge in [-0.05, 0) is 0 Å². The topological polar surface area (TPSA) is 86.2 Å². The van der Waals surface area contributed by atoms with Gasteiger partial charge in [0.05, 0.1) is 0 Å². The zero-order chi connectivity index (χ0) is 10.2. The molecule has 1 rings (SSSR count). The summed E-state index contributed by atoms with van der Waals surface area (Å²) < 4.78 is 2.05. The van der Waals surface area contributed by atoms with Crippen LogP contribution in [0.4, 0.5) is 0 Å². The van der Waals surface area contributed by atoms with Crippen molar-refractivity contribution >= 4 is 0 Å². The van der Waals surface area contributed by atoms with E-state index in [2.05, 4.69) is 0 Å². The maximum absolute atomic E-state index is 11.1. The van der Waals surface area contributed by atoms with Crippen LogP contribution in [-0.4, -0.2) is 18.8 Å². The summed E-state index contributed by atoms with van der Waals surface area (Å²) >= 11 is 0. The van der Waals surface area contributed by atoms with Gasteiger partial charge in [0.2, 0.25) is 0 Å². The molecule has 0 unspecified atom stereocenters. The van der Waals surface area contributed by atoms with Crippen LogP contribution in [0, 0.1) is 0 Å². The highest BCUT2D eigenvalue weighted by Gasteiger charge is 2.08. The first kappa shape index (κ1) is 9.46. The Morgan fingerprint density at radius 1 is 1.00 bits per heavy atom. The molecule has 0 amide bonds. The Morgan fingerprint density at radius 3 is 1.69 bits per heavy atom. The molecule has 7 nitrogen and oxygen atoms in total. The summed E-state index contributed by atoms with van der Waals surface area (Å²) in [5.74, 6) is 0. The first-order valence-electron chi connectivity index (χ1n) is 3.48. The smallest absolute Gasteiger partial charge is 0.337 e.